The molecule has 0 spiro atoms. The Labute approximate surface area is 138 Å². The molecule has 0 saturated carbocycles. The standard InChI is InChI=1S/C14H24N6O2S/c1-6-12-13(15-2)16-10-17-14(12)20-8-7-11(9-20)19(5)23(21,22)18(3)4/h6,10-11H,1,7-9H2,2-5H3,(H,15,16,17). The van der Waals surface area contributed by atoms with E-state index in [-0.39, 0.29) is 6.04 Å². The third-order valence-corrected chi connectivity index (χ3v) is 6.06. The van der Waals surface area contributed by atoms with Gasteiger partial charge in [-0.15, -0.1) is 0 Å². The summed E-state index contributed by atoms with van der Waals surface area (Å²) in [5.74, 6) is 1.49. The summed E-state index contributed by atoms with van der Waals surface area (Å²) in [6, 6.07) is -0.0898. The minimum absolute atomic E-state index is 0.0898. The zero-order chi connectivity index (χ0) is 17.2. The Hall–Kier alpha value is -1.71. The average Bonchev–Trinajstić information content (AvgIpc) is 3.02. The molecule has 1 N–H and O–H groups in total. The predicted molar refractivity (Wildman–Crippen MR) is 92.7 cm³/mol. The van der Waals surface area contributed by atoms with Crippen LogP contribution in [0.5, 0.6) is 0 Å². The number of hydrogen-bond donors (Lipinski definition) is 1. The van der Waals surface area contributed by atoms with Crippen LogP contribution in [-0.4, -0.2) is 74.3 Å². The summed E-state index contributed by atoms with van der Waals surface area (Å²) < 4.78 is 27.2. The fourth-order valence-corrected chi connectivity index (χ4v) is 3.77. The van der Waals surface area contributed by atoms with Crippen LogP contribution in [0.1, 0.15) is 12.0 Å². The summed E-state index contributed by atoms with van der Waals surface area (Å²) in [5.41, 5.74) is 0.828. The molecule has 1 aromatic heterocycles. The number of nitrogens with zero attached hydrogens (tertiary/aromatic N) is 5. The first-order valence-electron chi connectivity index (χ1n) is 7.38. The van der Waals surface area contributed by atoms with E-state index in [0.717, 1.165) is 24.3 Å². The average molecular weight is 340 g/mol. The van der Waals surface area contributed by atoms with Crippen molar-refractivity contribution >= 4 is 27.9 Å². The normalized spacial score (nSPS) is 18.7. The van der Waals surface area contributed by atoms with Gasteiger partial charge < -0.3 is 10.2 Å². The van der Waals surface area contributed by atoms with Crippen molar-refractivity contribution in [3.63, 3.8) is 0 Å². The first kappa shape index (κ1) is 17.6. The molecule has 2 rings (SSSR count). The highest BCUT2D eigenvalue weighted by atomic mass is 32.2. The Kier molecular flexibility index (Phi) is 5.23. The minimum Gasteiger partial charge on any atom is -0.372 e. The Balaban J connectivity index is 2.23. The lowest BCUT2D eigenvalue weighted by Gasteiger charge is -2.27. The summed E-state index contributed by atoms with van der Waals surface area (Å²) in [6.45, 7) is 5.15. The number of hydrogen-bond acceptors (Lipinski definition) is 6. The smallest absolute Gasteiger partial charge is 0.281 e. The molecular weight excluding hydrogens is 316 g/mol. The highest BCUT2D eigenvalue weighted by molar-refractivity contribution is 7.86. The molecule has 9 heteroatoms. The fraction of sp³-hybridized carbons (Fsp3) is 0.571. The van der Waals surface area contributed by atoms with Crippen LogP contribution in [0, 0.1) is 0 Å². The van der Waals surface area contributed by atoms with Crippen molar-refractivity contribution < 1.29 is 8.42 Å². The number of aromatic nitrogens is 2. The lowest BCUT2D eigenvalue weighted by Crippen LogP contribution is -2.44. The second kappa shape index (κ2) is 6.81. The van der Waals surface area contributed by atoms with Gasteiger partial charge in [0, 0.05) is 47.3 Å². The quantitative estimate of drug-likeness (QED) is 0.811. The van der Waals surface area contributed by atoms with E-state index >= 15 is 0 Å². The molecule has 0 radical (unpaired) electrons. The zero-order valence-corrected chi connectivity index (χ0v) is 14.8. The third kappa shape index (κ3) is 3.31. The van der Waals surface area contributed by atoms with E-state index in [9.17, 15) is 8.42 Å². The van der Waals surface area contributed by atoms with E-state index in [0.29, 0.717) is 12.4 Å². The molecule has 1 fully saturated rings. The second-order valence-electron chi connectivity index (χ2n) is 5.61. The lowest BCUT2D eigenvalue weighted by molar-refractivity contribution is 0.359. The van der Waals surface area contributed by atoms with Crippen molar-refractivity contribution in [1.29, 1.82) is 0 Å². The van der Waals surface area contributed by atoms with Gasteiger partial charge in [-0.05, 0) is 6.42 Å². The molecule has 0 bridgehead atoms. The Morgan fingerprint density at radius 1 is 1.39 bits per heavy atom. The molecule has 128 valence electrons. The molecule has 1 aliphatic rings. The summed E-state index contributed by atoms with van der Waals surface area (Å²) in [7, 11) is 3.08. The molecule has 1 atom stereocenters. The van der Waals surface area contributed by atoms with Gasteiger partial charge >= 0.3 is 0 Å². The van der Waals surface area contributed by atoms with Crippen molar-refractivity contribution in [3.8, 4) is 0 Å². The van der Waals surface area contributed by atoms with Gasteiger partial charge in [0.25, 0.3) is 10.2 Å². The maximum absolute atomic E-state index is 12.3. The van der Waals surface area contributed by atoms with Crippen LogP contribution in [-0.2, 0) is 10.2 Å². The second-order valence-corrected chi connectivity index (χ2v) is 7.81. The molecule has 0 amide bonds. The molecule has 2 heterocycles. The third-order valence-electron chi connectivity index (χ3n) is 4.11. The number of likely N-dealkylation sites (N-methyl/N-ethyl adjacent to an activating group) is 1. The minimum atomic E-state index is -3.42. The molecule has 0 aliphatic carbocycles. The Morgan fingerprint density at radius 2 is 2.09 bits per heavy atom. The van der Waals surface area contributed by atoms with E-state index in [4.69, 9.17) is 0 Å². The monoisotopic (exact) mass is 340 g/mol. The predicted octanol–water partition coefficient (Wildman–Crippen LogP) is 0.478. The topological polar surface area (TPSA) is 81.7 Å². The first-order chi connectivity index (χ1) is 10.8. The van der Waals surface area contributed by atoms with Crippen LogP contribution >= 0.6 is 0 Å². The molecule has 1 saturated heterocycles. The van der Waals surface area contributed by atoms with Crippen LogP contribution in [0.4, 0.5) is 11.6 Å². The van der Waals surface area contributed by atoms with Gasteiger partial charge in [0.15, 0.2) is 0 Å². The molecule has 1 aliphatic heterocycles. The number of nitrogens with one attached hydrogen (secondary N) is 1. The molecule has 8 nitrogen and oxygen atoms in total. The van der Waals surface area contributed by atoms with E-state index in [1.807, 2.05) is 0 Å². The fourth-order valence-electron chi connectivity index (χ4n) is 2.70. The van der Waals surface area contributed by atoms with Crippen LogP contribution in [0.3, 0.4) is 0 Å². The van der Waals surface area contributed by atoms with Crippen LogP contribution in [0.25, 0.3) is 6.08 Å². The van der Waals surface area contributed by atoms with Gasteiger partial charge in [0.2, 0.25) is 0 Å². The van der Waals surface area contributed by atoms with E-state index in [1.54, 1.807) is 20.2 Å². The van der Waals surface area contributed by atoms with Crippen molar-refractivity contribution in [2.75, 3.05) is 51.5 Å². The van der Waals surface area contributed by atoms with E-state index in [1.165, 1.54) is 29.0 Å². The van der Waals surface area contributed by atoms with Crippen molar-refractivity contribution in [3.05, 3.63) is 18.5 Å². The highest BCUT2D eigenvalue weighted by Gasteiger charge is 2.34. The molecule has 23 heavy (non-hydrogen) atoms. The summed E-state index contributed by atoms with van der Waals surface area (Å²) in [5, 5.41) is 3.02. The highest BCUT2D eigenvalue weighted by Crippen LogP contribution is 2.29. The Bertz CT molecular complexity index is 676. The van der Waals surface area contributed by atoms with Crippen LogP contribution in [0.15, 0.2) is 12.9 Å². The van der Waals surface area contributed by atoms with Gasteiger partial charge in [0.1, 0.15) is 18.0 Å². The number of anilines is 2. The first-order valence-corrected chi connectivity index (χ1v) is 8.78. The number of rotatable bonds is 6. The van der Waals surface area contributed by atoms with Gasteiger partial charge in [-0.3, -0.25) is 0 Å². The van der Waals surface area contributed by atoms with Crippen molar-refractivity contribution in [1.82, 2.24) is 18.6 Å². The molecular formula is C14H24N6O2S. The molecule has 1 unspecified atom stereocenters. The summed E-state index contributed by atoms with van der Waals surface area (Å²) >= 11 is 0. The maximum atomic E-state index is 12.3. The summed E-state index contributed by atoms with van der Waals surface area (Å²) in [4.78, 5) is 10.6. The Morgan fingerprint density at radius 3 is 2.65 bits per heavy atom. The van der Waals surface area contributed by atoms with Crippen molar-refractivity contribution in [2.45, 2.75) is 12.5 Å². The SMILES string of the molecule is C=Cc1c(NC)ncnc1N1CCC(N(C)S(=O)(=O)N(C)C)C1. The van der Waals surface area contributed by atoms with Crippen LogP contribution < -0.4 is 10.2 Å². The van der Waals surface area contributed by atoms with Gasteiger partial charge in [-0.2, -0.15) is 17.0 Å². The maximum Gasteiger partial charge on any atom is 0.281 e. The van der Waals surface area contributed by atoms with Gasteiger partial charge in [-0.25, -0.2) is 9.97 Å². The molecule has 0 aromatic carbocycles. The largest absolute Gasteiger partial charge is 0.372 e. The van der Waals surface area contributed by atoms with E-state index < -0.39 is 10.2 Å². The zero-order valence-electron chi connectivity index (χ0n) is 14.0. The van der Waals surface area contributed by atoms with E-state index in [2.05, 4.69) is 26.8 Å². The van der Waals surface area contributed by atoms with Crippen molar-refractivity contribution in [2.24, 2.45) is 0 Å². The van der Waals surface area contributed by atoms with Gasteiger partial charge in [0.05, 0.1) is 5.56 Å². The molecule has 1 aromatic rings. The van der Waals surface area contributed by atoms with Crippen LogP contribution in [0.2, 0.25) is 0 Å². The van der Waals surface area contributed by atoms with Gasteiger partial charge in [-0.1, -0.05) is 12.7 Å². The lowest BCUT2D eigenvalue weighted by atomic mass is 10.2. The summed E-state index contributed by atoms with van der Waals surface area (Å²) in [6.07, 6.45) is 3.97.